The average Bonchev–Trinajstić information content (AvgIpc) is 4.10. The third-order valence-corrected chi connectivity index (χ3v) is 10.7. The van der Waals surface area contributed by atoms with Gasteiger partial charge in [-0.2, -0.15) is 10.5 Å². The van der Waals surface area contributed by atoms with Crippen LogP contribution < -0.4 is 0 Å². The normalized spacial score (nSPS) is 14.2. The Morgan fingerprint density at radius 3 is 0.573 bits per heavy atom. The van der Waals surface area contributed by atoms with Gasteiger partial charge in [0, 0.05) is 0 Å². The van der Waals surface area contributed by atoms with Crippen LogP contribution in [0.4, 0.5) is 119 Å². The van der Waals surface area contributed by atoms with Crippen LogP contribution in [0.1, 0.15) is 16.7 Å². The molecule has 0 unspecified atom stereocenters. The predicted octanol–water partition coefficient (Wildman–Crippen LogP) is 15.0. The lowest BCUT2D eigenvalue weighted by Crippen LogP contribution is -2.11. The van der Waals surface area contributed by atoms with Crippen molar-refractivity contribution in [3.63, 3.8) is 0 Å². The number of rotatable bonds is 6. The quantitative estimate of drug-likeness (QED) is 0.0549. The first-order chi connectivity index (χ1) is 34.9. The zero-order valence-electron chi connectivity index (χ0n) is 34.0. The summed E-state index contributed by atoms with van der Waals surface area (Å²) >= 11 is 0. The third kappa shape index (κ3) is 7.41. The zero-order chi connectivity index (χ0) is 56.4. The molecule has 1 aliphatic rings. The van der Waals surface area contributed by atoms with E-state index in [9.17, 15) is 76.4 Å². The average molecular weight is 1100 g/mol. The summed E-state index contributed by atoms with van der Waals surface area (Å²) in [4.78, 5) is 2.35. The summed E-state index contributed by atoms with van der Waals surface area (Å²) < 4.78 is 405. The van der Waals surface area contributed by atoms with E-state index in [1.165, 1.54) is 0 Å². The minimum absolute atomic E-state index is 0.592. The van der Waals surface area contributed by atoms with Gasteiger partial charge in [-0.1, -0.05) is 0 Å². The second kappa shape index (κ2) is 18.6. The van der Waals surface area contributed by atoms with Crippen LogP contribution in [-0.4, -0.2) is 0 Å². The van der Waals surface area contributed by atoms with Crippen LogP contribution in [0, 0.1) is 186 Å². The zero-order valence-corrected chi connectivity index (χ0v) is 34.0. The second-order valence-corrected chi connectivity index (χ2v) is 14.4. The van der Waals surface area contributed by atoms with E-state index in [1.54, 1.807) is 0 Å². The Labute approximate surface area is 393 Å². The van der Waals surface area contributed by atoms with E-state index in [-0.39, 0.29) is 0 Å². The molecule has 0 radical (unpaired) electrons. The maximum atomic E-state index is 16.1. The highest BCUT2D eigenvalue weighted by atomic mass is 19.2. The van der Waals surface area contributed by atoms with Crippen LogP contribution in [0.2, 0.25) is 0 Å². The number of nitriles is 2. The van der Waals surface area contributed by atoms with Gasteiger partial charge in [0.2, 0.25) is 23.1 Å². The number of nitrogens with zero attached hydrogens (tertiary/aromatic N) is 3. The van der Waals surface area contributed by atoms with Gasteiger partial charge < -0.3 is 0 Å². The Kier molecular flexibility index (Phi) is 13.3. The molecule has 0 heterocycles. The molecule has 1 aliphatic carbocycles. The van der Waals surface area contributed by atoms with Crippen LogP contribution in [0.5, 0.6) is 0 Å². The van der Waals surface area contributed by atoms with Gasteiger partial charge in [0.05, 0.1) is 67.8 Å². The molecule has 0 atom stereocenters. The number of hydrogen-bond donors (Lipinski definition) is 0. The minimum atomic E-state index is -3.29. The van der Waals surface area contributed by atoms with Gasteiger partial charge in [0.15, 0.2) is 140 Å². The van der Waals surface area contributed by atoms with Gasteiger partial charge in [-0.25, -0.2) is 123 Å². The molecule has 0 bridgehead atoms. The van der Waals surface area contributed by atoms with Crippen LogP contribution in [0.15, 0.2) is 16.7 Å². The fourth-order valence-corrected chi connectivity index (χ4v) is 7.31. The number of benzene rings is 6. The summed E-state index contributed by atoms with van der Waals surface area (Å²) in [6, 6.07) is 1.18. The molecule has 7 rings (SSSR count). The molecule has 6 aromatic carbocycles. The largest absolute Gasteiger partial charge is 0.237 e. The molecule has 0 amide bonds. The fraction of sp³-hybridized carbons (Fsp3) is 0. The van der Waals surface area contributed by atoms with Crippen molar-refractivity contribution in [1.29, 1.82) is 10.5 Å². The summed E-state index contributed by atoms with van der Waals surface area (Å²) in [6.45, 7) is 7.55. The standard InChI is InChI=1S/C45F27N3/c1-75-45(17-34(62)26(54)13(27(55)35(17)63)16-32(60)40(68)44(72)41(69)33(16)61)10-6(4(2-73)8-18(46)22(50)11(23(51)19(8)47)14-28(56)36(64)42(70)37(65)29(14)57)7(10)5(3-74)9-20(48)24(52)12(25(53)21(9)49)15-30(58)38(66)43(71)39(67)31(15)59/b6-4-,7-5+,45-10?. The van der Waals surface area contributed by atoms with Crippen LogP contribution >= 0.6 is 0 Å². The molecule has 75 heavy (non-hydrogen) atoms. The Hall–Kier alpha value is -8.88. The van der Waals surface area contributed by atoms with E-state index >= 15 is 52.7 Å². The lowest BCUT2D eigenvalue weighted by molar-refractivity contribution is 0.379. The van der Waals surface area contributed by atoms with Crippen LogP contribution in [0.3, 0.4) is 0 Å². The molecule has 1 saturated carbocycles. The molecule has 384 valence electrons. The third-order valence-electron chi connectivity index (χ3n) is 10.7. The Morgan fingerprint density at radius 2 is 0.400 bits per heavy atom. The molecule has 0 saturated heterocycles. The highest BCUT2D eigenvalue weighted by Crippen LogP contribution is 2.58. The molecule has 30 heteroatoms. The van der Waals surface area contributed by atoms with Gasteiger partial charge in [-0.3, -0.25) is 0 Å². The first-order valence-corrected chi connectivity index (χ1v) is 18.5. The maximum Gasteiger partial charge on any atom is 0.208 e. The molecule has 3 nitrogen and oxygen atoms in total. The van der Waals surface area contributed by atoms with E-state index in [1.807, 2.05) is 0 Å². The number of hydrogen-bond acceptors (Lipinski definition) is 2. The van der Waals surface area contributed by atoms with Gasteiger partial charge >= 0.3 is 0 Å². The Bertz CT molecular complexity index is 3360. The van der Waals surface area contributed by atoms with Gasteiger partial charge in [0.25, 0.3) is 0 Å². The summed E-state index contributed by atoms with van der Waals surface area (Å²) in [6.07, 6.45) is 0. The lowest BCUT2D eigenvalue weighted by Gasteiger charge is -2.14. The molecule has 0 spiro atoms. The van der Waals surface area contributed by atoms with Crippen LogP contribution in [-0.2, 0) is 0 Å². The van der Waals surface area contributed by atoms with Crippen molar-refractivity contribution in [2.45, 2.75) is 0 Å². The SMILES string of the molecule is [C-]#[N+]C(=C1C(=C(\C#N)c2c(F)c(F)c(-c3c(F)c(F)c(F)c(F)c3F)c(F)c2F)/C1=C(\C#N)c1c(F)c(F)c(-c2c(F)c(F)c(F)c(F)c2F)c(F)c1F)c1c(F)c(F)c(-c2c(F)c(F)c(F)c(F)c2F)c(F)c1F. The monoisotopic (exact) mass is 1090 g/mol. The Balaban J connectivity index is 1.68. The Morgan fingerprint density at radius 1 is 0.240 bits per heavy atom. The highest BCUT2D eigenvalue weighted by Gasteiger charge is 2.47. The molecule has 6 aromatic rings. The van der Waals surface area contributed by atoms with Crippen molar-refractivity contribution < 1.29 is 119 Å². The highest BCUT2D eigenvalue weighted by molar-refractivity contribution is 6.11. The topological polar surface area (TPSA) is 51.9 Å². The lowest BCUT2D eigenvalue weighted by atomic mass is 9.95. The molecule has 1 fully saturated rings. The first kappa shape index (κ1) is 53.9. The fourth-order valence-electron chi connectivity index (χ4n) is 7.31. The summed E-state index contributed by atoms with van der Waals surface area (Å²) in [5.41, 5.74) is -38.8. The number of halogens is 27. The minimum Gasteiger partial charge on any atom is -0.237 e. The smallest absolute Gasteiger partial charge is 0.208 e. The van der Waals surface area contributed by atoms with Crippen LogP contribution in [0.25, 0.3) is 55.1 Å². The van der Waals surface area contributed by atoms with E-state index < -0.39 is 241 Å². The summed E-state index contributed by atoms with van der Waals surface area (Å²) in [5, 5.41) is 20.3. The van der Waals surface area contributed by atoms with Gasteiger partial charge in [-0.05, 0) is 16.7 Å². The summed E-state index contributed by atoms with van der Waals surface area (Å²) in [5.74, 6) is -86.1. The molecule has 0 N–H and O–H groups in total. The summed E-state index contributed by atoms with van der Waals surface area (Å²) in [7, 11) is 0. The van der Waals surface area contributed by atoms with Crippen molar-refractivity contribution in [3.8, 4) is 45.5 Å². The van der Waals surface area contributed by atoms with Gasteiger partial charge in [0.1, 0.15) is 12.1 Å². The van der Waals surface area contributed by atoms with E-state index in [0.29, 0.717) is 12.1 Å². The predicted molar refractivity (Wildman–Crippen MR) is 193 cm³/mol. The van der Waals surface area contributed by atoms with Crippen molar-refractivity contribution >= 4 is 16.8 Å². The van der Waals surface area contributed by atoms with Gasteiger partial charge in [-0.15, -0.1) is 0 Å². The van der Waals surface area contributed by atoms with E-state index in [4.69, 9.17) is 6.57 Å². The van der Waals surface area contributed by atoms with Crippen molar-refractivity contribution in [2.75, 3.05) is 0 Å². The van der Waals surface area contributed by atoms with E-state index in [2.05, 4.69) is 4.85 Å². The molecular weight excluding hydrogens is 1100 g/mol. The molecular formula is C45F27N3. The van der Waals surface area contributed by atoms with Crippen molar-refractivity contribution in [2.24, 2.45) is 0 Å². The first-order valence-electron chi connectivity index (χ1n) is 18.5. The second-order valence-electron chi connectivity index (χ2n) is 14.4. The van der Waals surface area contributed by atoms with Crippen molar-refractivity contribution in [1.82, 2.24) is 0 Å². The van der Waals surface area contributed by atoms with Crippen molar-refractivity contribution in [3.05, 3.63) is 202 Å². The molecule has 0 aliphatic heterocycles. The molecule has 0 aromatic heterocycles. The maximum absolute atomic E-state index is 16.1. The number of allylic oxidation sites excluding steroid dienone is 5. The van der Waals surface area contributed by atoms with E-state index in [0.717, 1.165) is 0 Å².